The molecule has 0 atom stereocenters. The van der Waals surface area contributed by atoms with Gasteiger partial charge in [-0.15, -0.1) is 0 Å². The number of hydrogen-bond acceptors (Lipinski definition) is 6. The minimum Gasteiger partial charge on any atom is -0.465 e. The third-order valence-corrected chi connectivity index (χ3v) is 3.89. The maximum Gasteiger partial charge on any atom is 0.412 e. The molecule has 1 aromatic rings. The van der Waals surface area contributed by atoms with Crippen molar-refractivity contribution < 1.29 is 19.1 Å². The van der Waals surface area contributed by atoms with Gasteiger partial charge >= 0.3 is 12.1 Å². The van der Waals surface area contributed by atoms with Crippen molar-refractivity contribution in [1.82, 2.24) is 5.32 Å². The van der Waals surface area contributed by atoms with Crippen molar-refractivity contribution in [2.45, 2.75) is 33.3 Å². The van der Waals surface area contributed by atoms with Crippen molar-refractivity contribution in [2.75, 3.05) is 43.5 Å². The Kier molecular flexibility index (Phi) is 5.89. The molecule has 1 heterocycles. The molecule has 2 rings (SSSR count). The molecule has 0 bridgehead atoms. The maximum atomic E-state index is 12.1. The number of carbonyl (C=O) groups excluding carboxylic acids is 2. The van der Waals surface area contributed by atoms with Crippen LogP contribution < -0.4 is 15.5 Å². The molecular formula is C18H27N3O4. The summed E-state index contributed by atoms with van der Waals surface area (Å²) in [7, 11) is 1.34. The Labute approximate surface area is 148 Å². The van der Waals surface area contributed by atoms with Crippen LogP contribution in [0.1, 0.15) is 36.7 Å². The number of hydrogen-bond donors (Lipinski definition) is 2. The number of rotatable bonds is 3. The monoisotopic (exact) mass is 349 g/mol. The highest BCUT2D eigenvalue weighted by molar-refractivity contribution is 5.95. The summed E-state index contributed by atoms with van der Waals surface area (Å²) in [6, 6.07) is 3.43. The largest absolute Gasteiger partial charge is 0.465 e. The van der Waals surface area contributed by atoms with Gasteiger partial charge in [0.1, 0.15) is 5.60 Å². The lowest BCUT2D eigenvalue weighted by Crippen LogP contribution is -2.44. The predicted octanol–water partition coefficient (Wildman–Crippen LogP) is 2.54. The Morgan fingerprint density at radius 2 is 1.84 bits per heavy atom. The number of ether oxygens (including phenoxy) is 2. The number of amides is 1. The van der Waals surface area contributed by atoms with Crippen LogP contribution in [0.4, 0.5) is 16.2 Å². The van der Waals surface area contributed by atoms with Gasteiger partial charge in [0.2, 0.25) is 0 Å². The van der Waals surface area contributed by atoms with Crippen molar-refractivity contribution in [3.05, 3.63) is 23.3 Å². The number of esters is 1. The Bertz CT molecular complexity index is 646. The summed E-state index contributed by atoms with van der Waals surface area (Å²) in [4.78, 5) is 26.4. The molecule has 1 aromatic carbocycles. The third-order valence-electron chi connectivity index (χ3n) is 3.89. The fourth-order valence-corrected chi connectivity index (χ4v) is 2.71. The van der Waals surface area contributed by atoms with Gasteiger partial charge in [-0.1, -0.05) is 0 Å². The van der Waals surface area contributed by atoms with Crippen LogP contribution in [0, 0.1) is 6.92 Å². The van der Waals surface area contributed by atoms with Gasteiger partial charge in [0.25, 0.3) is 0 Å². The van der Waals surface area contributed by atoms with Gasteiger partial charge in [-0.25, -0.2) is 9.59 Å². The molecule has 25 heavy (non-hydrogen) atoms. The smallest absolute Gasteiger partial charge is 0.412 e. The molecule has 0 aliphatic carbocycles. The van der Waals surface area contributed by atoms with Gasteiger partial charge in [0.05, 0.1) is 12.7 Å². The van der Waals surface area contributed by atoms with Crippen LogP contribution in [0.2, 0.25) is 0 Å². The molecule has 138 valence electrons. The molecule has 1 fully saturated rings. The number of nitrogens with one attached hydrogen (secondary N) is 2. The third kappa shape index (κ3) is 5.09. The first-order chi connectivity index (χ1) is 11.7. The quantitative estimate of drug-likeness (QED) is 0.817. The molecule has 1 saturated heterocycles. The highest BCUT2D eigenvalue weighted by Crippen LogP contribution is 2.30. The lowest BCUT2D eigenvalue weighted by Gasteiger charge is -2.31. The summed E-state index contributed by atoms with van der Waals surface area (Å²) in [6.07, 6.45) is -0.552. The second-order valence-electron chi connectivity index (χ2n) is 7.02. The van der Waals surface area contributed by atoms with Gasteiger partial charge in [-0.05, 0) is 45.4 Å². The minimum absolute atomic E-state index is 0.396. The summed E-state index contributed by atoms with van der Waals surface area (Å²) in [5.41, 5.74) is 2.15. The van der Waals surface area contributed by atoms with Crippen LogP contribution in [0.15, 0.2) is 12.1 Å². The van der Waals surface area contributed by atoms with Gasteiger partial charge < -0.3 is 19.7 Å². The van der Waals surface area contributed by atoms with Gasteiger partial charge in [0, 0.05) is 37.6 Å². The molecule has 0 unspecified atom stereocenters. The topological polar surface area (TPSA) is 79.9 Å². The van der Waals surface area contributed by atoms with E-state index in [1.54, 1.807) is 26.8 Å². The fourth-order valence-electron chi connectivity index (χ4n) is 2.71. The molecule has 1 amide bonds. The predicted molar refractivity (Wildman–Crippen MR) is 97.5 cm³/mol. The van der Waals surface area contributed by atoms with Gasteiger partial charge in [-0.2, -0.15) is 0 Å². The van der Waals surface area contributed by atoms with E-state index in [9.17, 15) is 9.59 Å². The zero-order valence-electron chi connectivity index (χ0n) is 15.6. The standard InChI is InChI=1S/C18H27N3O4/c1-12-14(20-17(23)25-18(2,3)4)10-13(16(22)24-5)11-15(12)21-8-6-19-7-9-21/h10-11,19H,6-9H2,1-5H3,(H,20,23). The van der Waals surface area contributed by atoms with E-state index in [-0.39, 0.29) is 0 Å². The molecule has 0 spiro atoms. The minimum atomic E-state index is -0.598. The van der Waals surface area contributed by atoms with Crippen LogP contribution in [0.5, 0.6) is 0 Å². The molecule has 0 radical (unpaired) electrons. The van der Waals surface area contributed by atoms with E-state index in [0.717, 1.165) is 37.4 Å². The SMILES string of the molecule is COC(=O)c1cc(NC(=O)OC(C)(C)C)c(C)c(N2CCNCC2)c1. The highest BCUT2D eigenvalue weighted by atomic mass is 16.6. The molecule has 1 aliphatic rings. The van der Waals surface area contributed by atoms with E-state index >= 15 is 0 Å². The Morgan fingerprint density at radius 3 is 2.40 bits per heavy atom. The average Bonchev–Trinajstić information content (AvgIpc) is 2.55. The molecule has 0 aromatic heterocycles. The van der Waals surface area contributed by atoms with E-state index in [4.69, 9.17) is 9.47 Å². The summed E-state index contributed by atoms with van der Waals surface area (Å²) in [5.74, 6) is -0.441. The Balaban J connectivity index is 2.36. The first-order valence-corrected chi connectivity index (χ1v) is 8.40. The van der Waals surface area contributed by atoms with Crippen LogP contribution in [0.3, 0.4) is 0 Å². The highest BCUT2D eigenvalue weighted by Gasteiger charge is 2.21. The van der Waals surface area contributed by atoms with Crippen LogP contribution >= 0.6 is 0 Å². The van der Waals surface area contributed by atoms with Crippen molar-refractivity contribution in [1.29, 1.82) is 0 Å². The summed E-state index contributed by atoms with van der Waals surface area (Å²) < 4.78 is 10.2. The molecule has 2 N–H and O–H groups in total. The van der Waals surface area contributed by atoms with Gasteiger partial charge in [-0.3, -0.25) is 5.32 Å². The van der Waals surface area contributed by atoms with Crippen molar-refractivity contribution >= 4 is 23.4 Å². The fraction of sp³-hybridized carbons (Fsp3) is 0.556. The number of piperazine rings is 1. The van der Waals surface area contributed by atoms with Crippen molar-refractivity contribution in [2.24, 2.45) is 0 Å². The van der Waals surface area contributed by atoms with Crippen LogP contribution in [-0.4, -0.2) is 51.0 Å². The van der Waals surface area contributed by atoms with E-state index in [0.29, 0.717) is 11.3 Å². The normalized spacial score (nSPS) is 14.8. The molecule has 7 nitrogen and oxygen atoms in total. The summed E-state index contributed by atoms with van der Waals surface area (Å²) in [5, 5.41) is 6.06. The van der Waals surface area contributed by atoms with E-state index in [1.807, 2.05) is 13.0 Å². The summed E-state index contributed by atoms with van der Waals surface area (Å²) in [6.45, 7) is 10.7. The van der Waals surface area contributed by atoms with Crippen LogP contribution in [0.25, 0.3) is 0 Å². The lowest BCUT2D eigenvalue weighted by molar-refractivity contribution is 0.0596. The Hall–Kier alpha value is -2.28. The average molecular weight is 349 g/mol. The molecular weight excluding hydrogens is 322 g/mol. The first kappa shape index (κ1) is 19.1. The molecule has 0 saturated carbocycles. The number of benzene rings is 1. The number of anilines is 2. The number of nitrogens with zero attached hydrogens (tertiary/aromatic N) is 1. The maximum absolute atomic E-state index is 12.1. The van der Waals surface area contributed by atoms with Crippen molar-refractivity contribution in [3.8, 4) is 0 Å². The first-order valence-electron chi connectivity index (χ1n) is 8.40. The zero-order chi connectivity index (χ0) is 18.6. The number of methoxy groups -OCH3 is 1. The van der Waals surface area contributed by atoms with Crippen molar-refractivity contribution in [3.63, 3.8) is 0 Å². The Morgan fingerprint density at radius 1 is 1.20 bits per heavy atom. The molecule has 7 heteroatoms. The van der Waals surface area contributed by atoms with E-state index in [1.165, 1.54) is 7.11 Å². The van der Waals surface area contributed by atoms with Crippen LogP contribution in [-0.2, 0) is 9.47 Å². The molecule has 1 aliphatic heterocycles. The second-order valence-corrected chi connectivity index (χ2v) is 7.02. The second kappa shape index (κ2) is 7.74. The van der Waals surface area contributed by atoms with E-state index < -0.39 is 17.7 Å². The van der Waals surface area contributed by atoms with E-state index in [2.05, 4.69) is 15.5 Å². The van der Waals surface area contributed by atoms with Gasteiger partial charge in [0.15, 0.2) is 0 Å². The summed E-state index contributed by atoms with van der Waals surface area (Å²) >= 11 is 0. The zero-order valence-corrected chi connectivity index (χ0v) is 15.6. The lowest BCUT2D eigenvalue weighted by atomic mass is 10.1. The number of carbonyl (C=O) groups is 2.